The molecule has 124 valence electrons. The Labute approximate surface area is 141 Å². The molecule has 1 saturated heterocycles. The molecular formula is C19H22N4O. The normalized spacial score (nSPS) is 14.9. The highest BCUT2D eigenvalue weighted by molar-refractivity contribution is 5.83. The first kappa shape index (κ1) is 15.0. The molecule has 2 aromatic heterocycles. The molecular weight excluding hydrogens is 300 g/mol. The predicted octanol–water partition coefficient (Wildman–Crippen LogP) is 2.59. The van der Waals surface area contributed by atoms with Crippen molar-refractivity contribution in [2.75, 3.05) is 37.7 Å². The summed E-state index contributed by atoms with van der Waals surface area (Å²) in [6, 6.07) is 14.4. The third-order valence-electron chi connectivity index (χ3n) is 4.45. The van der Waals surface area contributed by atoms with Gasteiger partial charge in [0.15, 0.2) is 0 Å². The SMILES string of the molecule is c1cc(OCCc2c[nH]c3ccccc23)nc(N2CCNCC2)c1. The van der Waals surface area contributed by atoms with E-state index in [9.17, 15) is 0 Å². The van der Waals surface area contributed by atoms with Gasteiger partial charge in [-0.15, -0.1) is 0 Å². The minimum absolute atomic E-state index is 0.625. The Morgan fingerprint density at radius 2 is 1.92 bits per heavy atom. The number of pyridine rings is 1. The Balaban J connectivity index is 1.39. The zero-order chi connectivity index (χ0) is 16.2. The molecule has 3 heterocycles. The van der Waals surface area contributed by atoms with Crippen LogP contribution in [0.15, 0.2) is 48.7 Å². The van der Waals surface area contributed by atoms with E-state index in [1.54, 1.807) is 0 Å². The molecule has 0 saturated carbocycles. The van der Waals surface area contributed by atoms with Crippen LogP contribution in [0, 0.1) is 0 Å². The Bertz CT molecular complexity index is 808. The van der Waals surface area contributed by atoms with Crippen LogP contribution in [0.5, 0.6) is 5.88 Å². The summed E-state index contributed by atoms with van der Waals surface area (Å²) in [7, 11) is 0. The number of hydrogen-bond donors (Lipinski definition) is 2. The average molecular weight is 322 g/mol. The molecule has 5 heteroatoms. The van der Waals surface area contributed by atoms with Gasteiger partial charge in [-0.05, 0) is 17.7 Å². The van der Waals surface area contributed by atoms with Gasteiger partial charge in [-0.3, -0.25) is 0 Å². The molecule has 0 radical (unpaired) electrons. The fourth-order valence-corrected chi connectivity index (χ4v) is 3.16. The smallest absolute Gasteiger partial charge is 0.215 e. The van der Waals surface area contributed by atoms with Crippen LogP contribution in [0.4, 0.5) is 5.82 Å². The van der Waals surface area contributed by atoms with Gasteiger partial charge in [-0.25, -0.2) is 0 Å². The van der Waals surface area contributed by atoms with Crippen LogP contribution in [0.25, 0.3) is 10.9 Å². The topological polar surface area (TPSA) is 53.2 Å². The Morgan fingerprint density at radius 1 is 1.04 bits per heavy atom. The molecule has 0 spiro atoms. The van der Waals surface area contributed by atoms with Crippen molar-refractivity contribution in [1.82, 2.24) is 15.3 Å². The number of para-hydroxylation sites is 1. The molecule has 0 aliphatic carbocycles. The summed E-state index contributed by atoms with van der Waals surface area (Å²) < 4.78 is 5.89. The lowest BCUT2D eigenvalue weighted by atomic mass is 10.1. The van der Waals surface area contributed by atoms with Gasteiger partial charge in [0.25, 0.3) is 0 Å². The number of fused-ring (bicyclic) bond motifs is 1. The quantitative estimate of drug-likeness (QED) is 0.758. The van der Waals surface area contributed by atoms with Crippen LogP contribution in [-0.4, -0.2) is 42.8 Å². The molecule has 2 N–H and O–H groups in total. The van der Waals surface area contributed by atoms with E-state index in [1.165, 1.54) is 16.5 Å². The van der Waals surface area contributed by atoms with Gasteiger partial charge in [0.05, 0.1) is 6.61 Å². The molecule has 24 heavy (non-hydrogen) atoms. The molecule has 1 aliphatic heterocycles. The number of nitrogens with one attached hydrogen (secondary N) is 2. The van der Waals surface area contributed by atoms with Gasteiger partial charge in [-0.1, -0.05) is 24.3 Å². The van der Waals surface area contributed by atoms with Crippen molar-refractivity contribution in [3.63, 3.8) is 0 Å². The number of rotatable bonds is 5. The van der Waals surface area contributed by atoms with Gasteiger partial charge in [0, 0.05) is 55.8 Å². The molecule has 3 aromatic rings. The van der Waals surface area contributed by atoms with Crippen LogP contribution < -0.4 is 15.0 Å². The second kappa shape index (κ2) is 6.93. The van der Waals surface area contributed by atoms with E-state index < -0.39 is 0 Å². The van der Waals surface area contributed by atoms with Crippen molar-refractivity contribution >= 4 is 16.7 Å². The van der Waals surface area contributed by atoms with Crippen LogP contribution in [0.1, 0.15) is 5.56 Å². The first-order valence-corrected chi connectivity index (χ1v) is 8.51. The number of H-pyrrole nitrogens is 1. The van der Waals surface area contributed by atoms with Crippen molar-refractivity contribution in [3.8, 4) is 5.88 Å². The first-order chi connectivity index (χ1) is 11.9. The second-order valence-electron chi connectivity index (χ2n) is 6.03. The molecule has 5 nitrogen and oxygen atoms in total. The number of benzene rings is 1. The van der Waals surface area contributed by atoms with Crippen LogP contribution in [-0.2, 0) is 6.42 Å². The number of aromatic nitrogens is 2. The summed E-state index contributed by atoms with van der Waals surface area (Å²) in [5.74, 6) is 1.70. The van der Waals surface area contributed by atoms with Gasteiger partial charge in [0.2, 0.25) is 5.88 Å². The van der Waals surface area contributed by atoms with Crippen molar-refractivity contribution in [2.24, 2.45) is 0 Å². The predicted molar refractivity (Wildman–Crippen MR) is 96.8 cm³/mol. The summed E-state index contributed by atoms with van der Waals surface area (Å²) in [6.45, 7) is 4.62. The maximum Gasteiger partial charge on any atom is 0.215 e. The van der Waals surface area contributed by atoms with E-state index in [4.69, 9.17) is 4.74 Å². The summed E-state index contributed by atoms with van der Waals surface area (Å²) in [4.78, 5) is 10.2. The second-order valence-corrected chi connectivity index (χ2v) is 6.03. The number of ether oxygens (including phenoxy) is 1. The number of hydrogen-bond acceptors (Lipinski definition) is 4. The van der Waals surface area contributed by atoms with Crippen molar-refractivity contribution in [1.29, 1.82) is 0 Å². The highest BCUT2D eigenvalue weighted by Gasteiger charge is 2.12. The lowest BCUT2D eigenvalue weighted by molar-refractivity contribution is 0.310. The number of aromatic amines is 1. The molecule has 0 bridgehead atoms. The van der Waals surface area contributed by atoms with Crippen LogP contribution >= 0.6 is 0 Å². The van der Waals surface area contributed by atoms with Crippen LogP contribution in [0.2, 0.25) is 0 Å². The largest absolute Gasteiger partial charge is 0.477 e. The molecule has 4 rings (SSSR count). The monoisotopic (exact) mass is 322 g/mol. The minimum Gasteiger partial charge on any atom is -0.477 e. The first-order valence-electron chi connectivity index (χ1n) is 8.51. The standard InChI is InChI=1S/C19H22N4O/c1-2-5-17-16(4-1)15(14-21-17)8-13-24-19-7-3-6-18(22-19)23-11-9-20-10-12-23/h1-7,14,20-21H,8-13H2. The fraction of sp³-hybridized carbons (Fsp3) is 0.316. The van der Waals surface area contributed by atoms with Gasteiger partial charge in [0.1, 0.15) is 5.82 Å². The Kier molecular flexibility index (Phi) is 4.34. The van der Waals surface area contributed by atoms with Gasteiger partial charge < -0.3 is 19.9 Å². The van der Waals surface area contributed by atoms with E-state index in [1.807, 2.05) is 18.2 Å². The zero-order valence-corrected chi connectivity index (χ0v) is 13.7. The highest BCUT2D eigenvalue weighted by atomic mass is 16.5. The van der Waals surface area contributed by atoms with E-state index in [0.29, 0.717) is 12.5 Å². The molecule has 0 amide bonds. The number of anilines is 1. The maximum absolute atomic E-state index is 5.89. The average Bonchev–Trinajstić information content (AvgIpc) is 3.06. The van der Waals surface area contributed by atoms with Gasteiger partial charge in [-0.2, -0.15) is 4.98 Å². The summed E-state index contributed by atoms with van der Waals surface area (Å²) in [5.41, 5.74) is 2.45. The Morgan fingerprint density at radius 3 is 2.83 bits per heavy atom. The lowest BCUT2D eigenvalue weighted by Gasteiger charge is -2.28. The summed E-state index contributed by atoms with van der Waals surface area (Å²) in [6.07, 6.45) is 2.93. The maximum atomic E-state index is 5.89. The van der Waals surface area contributed by atoms with E-state index in [-0.39, 0.29) is 0 Å². The Hall–Kier alpha value is -2.53. The number of piperazine rings is 1. The highest BCUT2D eigenvalue weighted by Crippen LogP contribution is 2.19. The van der Waals surface area contributed by atoms with Crippen molar-refractivity contribution in [3.05, 3.63) is 54.2 Å². The van der Waals surface area contributed by atoms with Gasteiger partial charge >= 0.3 is 0 Å². The molecule has 0 atom stereocenters. The molecule has 0 unspecified atom stereocenters. The molecule has 1 aliphatic rings. The lowest BCUT2D eigenvalue weighted by Crippen LogP contribution is -2.43. The zero-order valence-electron chi connectivity index (χ0n) is 13.7. The summed E-state index contributed by atoms with van der Waals surface area (Å²) in [5, 5.41) is 4.63. The third kappa shape index (κ3) is 3.21. The number of nitrogens with zero attached hydrogens (tertiary/aromatic N) is 2. The van der Waals surface area contributed by atoms with E-state index in [0.717, 1.165) is 38.4 Å². The summed E-state index contributed by atoms with van der Waals surface area (Å²) >= 11 is 0. The van der Waals surface area contributed by atoms with Crippen molar-refractivity contribution in [2.45, 2.75) is 6.42 Å². The van der Waals surface area contributed by atoms with Crippen molar-refractivity contribution < 1.29 is 4.74 Å². The molecule has 1 aromatic carbocycles. The fourth-order valence-electron chi connectivity index (χ4n) is 3.16. The minimum atomic E-state index is 0.625. The van der Waals surface area contributed by atoms with E-state index in [2.05, 4.69) is 50.6 Å². The van der Waals surface area contributed by atoms with Crippen LogP contribution in [0.3, 0.4) is 0 Å². The molecule has 1 fully saturated rings. The van der Waals surface area contributed by atoms with E-state index >= 15 is 0 Å². The third-order valence-corrected chi connectivity index (χ3v) is 4.45.